The summed E-state index contributed by atoms with van der Waals surface area (Å²) in [4.78, 5) is 22.2. The van der Waals surface area contributed by atoms with Gasteiger partial charge < -0.3 is 15.2 Å². The molecule has 0 bridgehead atoms. The van der Waals surface area contributed by atoms with Gasteiger partial charge in [-0.3, -0.25) is 9.78 Å². The van der Waals surface area contributed by atoms with Crippen molar-refractivity contribution >= 4 is 23.7 Å². The number of likely N-dealkylation sites (N-methyl/N-ethyl adjacent to an activating group) is 1. The maximum Gasteiger partial charge on any atom is 0.253 e. The number of amides is 1. The molecule has 3 aromatic rings. The molecule has 1 aromatic carbocycles. The summed E-state index contributed by atoms with van der Waals surface area (Å²) in [6.07, 6.45) is 7.91. The van der Waals surface area contributed by atoms with Crippen molar-refractivity contribution < 1.29 is 4.79 Å². The average molecular weight is 370 g/mol. The molecule has 0 aliphatic carbocycles. The van der Waals surface area contributed by atoms with Gasteiger partial charge in [-0.05, 0) is 54.0 Å². The zero-order valence-electron chi connectivity index (χ0n) is 15.8. The Morgan fingerprint density at radius 2 is 2.04 bits per heavy atom. The van der Waals surface area contributed by atoms with Crippen LogP contribution in [-0.2, 0) is 12.8 Å². The fourth-order valence-corrected chi connectivity index (χ4v) is 4.03. The maximum absolute atomic E-state index is 12.0. The third-order valence-corrected chi connectivity index (χ3v) is 5.57. The minimum absolute atomic E-state index is 0.000167. The molecule has 2 aliphatic heterocycles. The molecule has 1 amide bonds. The van der Waals surface area contributed by atoms with Crippen molar-refractivity contribution in [2.75, 3.05) is 25.0 Å². The van der Waals surface area contributed by atoms with Gasteiger partial charge >= 0.3 is 0 Å². The van der Waals surface area contributed by atoms with Gasteiger partial charge in [0.15, 0.2) is 0 Å². The van der Waals surface area contributed by atoms with E-state index in [4.69, 9.17) is 0 Å². The highest BCUT2D eigenvalue weighted by Crippen LogP contribution is 2.28. The van der Waals surface area contributed by atoms with Crippen molar-refractivity contribution in [1.29, 1.82) is 0 Å². The second-order valence-corrected chi connectivity index (χ2v) is 7.44. The number of anilines is 1. The summed E-state index contributed by atoms with van der Waals surface area (Å²) in [5, 5.41) is 2.89. The lowest BCUT2D eigenvalue weighted by Gasteiger charge is -2.11. The highest BCUT2D eigenvalue weighted by atomic mass is 16.1. The van der Waals surface area contributed by atoms with Crippen LogP contribution in [0.1, 0.15) is 32.9 Å². The van der Waals surface area contributed by atoms with E-state index in [-0.39, 0.29) is 5.91 Å². The van der Waals surface area contributed by atoms with Crippen molar-refractivity contribution in [3.8, 4) is 11.3 Å². The van der Waals surface area contributed by atoms with Gasteiger partial charge in [0.05, 0.1) is 11.3 Å². The van der Waals surface area contributed by atoms with Gasteiger partial charge in [0.2, 0.25) is 0 Å². The molecule has 0 saturated carbocycles. The molecular formula is C23H22N4O. The normalized spacial score (nSPS) is 15.6. The number of H-pyrrole nitrogens is 1. The molecule has 5 rings (SSSR count). The van der Waals surface area contributed by atoms with Crippen LogP contribution in [0.25, 0.3) is 23.4 Å². The van der Waals surface area contributed by atoms with Gasteiger partial charge in [0, 0.05) is 55.4 Å². The molecule has 2 N–H and O–H groups in total. The van der Waals surface area contributed by atoms with Crippen LogP contribution < -0.4 is 10.2 Å². The predicted molar refractivity (Wildman–Crippen MR) is 112 cm³/mol. The van der Waals surface area contributed by atoms with Gasteiger partial charge in [-0.25, -0.2) is 0 Å². The van der Waals surface area contributed by atoms with E-state index in [0.29, 0.717) is 6.54 Å². The Balaban J connectivity index is 1.41. The fraction of sp³-hybridized carbons (Fsp3) is 0.217. The van der Waals surface area contributed by atoms with E-state index in [1.165, 1.54) is 16.8 Å². The average Bonchev–Trinajstić information content (AvgIpc) is 3.31. The van der Waals surface area contributed by atoms with Gasteiger partial charge in [-0.2, -0.15) is 0 Å². The SMILES string of the molecule is CN1CCc2cc(/C=C/c3cc(-c4cc5c([nH]4)CCNC5=O)ccn3)ccc21. The predicted octanol–water partition coefficient (Wildman–Crippen LogP) is 3.53. The largest absolute Gasteiger partial charge is 0.374 e. The Kier molecular flexibility index (Phi) is 4.01. The van der Waals surface area contributed by atoms with Crippen LogP contribution in [0.15, 0.2) is 42.6 Å². The number of benzene rings is 1. The highest BCUT2D eigenvalue weighted by molar-refractivity contribution is 5.97. The van der Waals surface area contributed by atoms with Crippen molar-refractivity contribution in [2.45, 2.75) is 12.8 Å². The first-order chi connectivity index (χ1) is 13.7. The number of pyridine rings is 1. The molecule has 0 saturated heterocycles. The first-order valence-electron chi connectivity index (χ1n) is 9.66. The van der Waals surface area contributed by atoms with Crippen LogP contribution in [0.5, 0.6) is 0 Å². The van der Waals surface area contributed by atoms with Crippen LogP contribution >= 0.6 is 0 Å². The molecule has 28 heavy (non-hydrogen) atoms. The van der Waals surface area contributed by atoms with E-state index in [1.54, 1.807) is 0 Å². The molecular weight excluding hydrogens is 348 g/mol. The number of nitrogens with one attached hydrogen (secondary N) is 2. The summed E-state index contributed by atoms with van der Waals surface area (Å²) in [7, 11) is 2.14. The van der Waals surface area contributed by atoms with Gasteiger partial charge in [-0.1, -0.05) is 12.1 Å². The molecule has 0 fully saturated rings. The van der Waals surface area contributed by atoms with Gasteiger partial charge in [-0.15, -0.1) is 0 Å². The quantitative estimate of drug-likeness (QED) is 0.742. The summed E-state index contributed by atoms with van der Waals surface area (Å²) < 4.78 is 0. The topological polar surface area (TPSA) is 61.0 Å². The van der Waals surface area contributed by atoms with E-state index < -0.39 is 0 Å². The Bertz CT molecular complexity index is 1100. The van der Waals surface area contributed by atoms with E-state index in [9.17, 15) is 4.79 Å². The van der Waals surface area contributed by atoms with Crippen LogP contribution in [0.4, 0.5) is 5.69 Å². The lowest BCUT2D eigenvalue weighted by atomic mass is 10.1. The van der Waals surface area contributed by atoms with Crippen LogP contribution in [-0.4, -0.2) is 36.0 Å². The molecule has 0 unspecified atom stereocenters. The molecule has 5 nitrogen and oxygen atoms in total. The van der Waals surface area contributed by atoms with Crippen LogP contribution in [0, 0.1) is 0 Å². The van der Waals surface area contributed by atoms with Crippen molar-refractivity contribution in [2.24, 2.45) is 0 Å². The molecule has 5 heteroatoms. The lowest BCUT2D eigenvalue weighted by molar-refractivity contribution is 0.0946. The summed E-state index contributed by atoms with van der Waals surface area (Å²) in [5.74, 6) is 0.000167. The zero-order valence-corrected chi connectivity index (χ0v) is 15.8. The number of hydrogen-bond acceptors (Lipinski definition) is 3. The monoisotopic (exact) mass is 370 g/mol. The number of nitrogens with zero attached hydrogens (tertiary/aromatic N) is 2. The second kappa shape index (κ2) is 6.68. The van der Waals surface area contributed by atoms with E-state index in [0.717, 1.165) is 47.6 Å². The molecule has 2 aliphatic rings. The first kappa shape index (κ1) is 16.8. The number of fused-ring (bicyclic) bond motifs is 2. The summed E-state index contributed by atoms with van der Waals surface area (Å²) >= 11 is 0. The van der Waals surface area contributed by atoms with Crippen LogP contribution in [0.2, 0.25) is 0 Å². The number of carbonyl (C=O) groups is 1. The Hall–Kier alpha value is -3.34. The van der Waals surface area contributed by atoms with Crippen molar-refractivity contribution in [1.82, 2.24) is 15.3 Å². The third kappa shape index (κ3) is 2.99. The fourth-order valence-electron chi connectivity index (χ4n) is 4.03. The first-order valence-corrected chi connectivity index (χ1v) is 9.66. The third-order valence-electron chi connectivity index (χ3n) is 5.57. The number of carbonyl (C=O) groups excluding carboxylic acids is 1. The zero-order chi connectivity index (χ0) is 19.1. The number of aromatic amines is 1. The van der Waals surface area contributed by atoms with Crippen molar-refractivity contribution in [3.63, 3.8) is 0 Å². The molecule has 4 heterocycles. The lowest BCUT2D eigenvalue weighted by Crippen LogP contribution is -2.31. The van der Waals surface area contributed by atoms with Crippen LogP contribution in [0.3, 0.4) is 0 Å². The summed E-state index contributed by atoms with van der Waals surface area (Å²) in [6.45, 7) is 1.77. The molecule has 2 aromatic heterocycles. The van der Waals surface area contributed by atoms with E-state index in [1.807, 2.05) is 30.5 Å². The summed E-state index contributed by atoms with van der Waals surface area (Å²) in [6, 6.07) is 12.6. The van der Waals surface area contributed by atoms with Gasteiger partial charge in [0.1, 0.15) is 0 Å². The van der Waals surface area contributed by atoms with Gasteiger partial charge in [0.25, 0.3) is 5.91 Å². The second-order valence-electron chi connectivity index (χ2n) is 7.44. The smallest absolute Gasteiger partial charge is 0.253 e. The maximum atomic E-state index is 12.0. The Morgan fingerprint density at radius 3 is 2.93 bits per heavy atom. The minimum Gasteiger partial charge on any atom is -0.374 e. The van der Waals surface area contributed by atoms with E-state index in [2.05, 4.69) is 51.5 Å². The standard InChI is InChI=1S/C23H22N4O/c1-27-11-8-17-12-15(3-5-22(17)27)2-4-18-13-16(6-9-24-18)21-14-19-20(26-21)7-10-25-23(19)28/h2-6,9,12-14,26H,7-8,10-11H2,1H3,(H,25,28)/b4-2+. The van der Waals surface area contributed by atoms with E-state index >= 15 is 0 Å². The number of rotatable bonds is 3. The summed E-state index contributed by atoms with van der Waals surface area (Å²) in [5.41, 5.74) is 8.57. The number of aromatic nitrogens is 2. The number of hydrogen-bond donors (Lipinski definition) is 2. The van der Waals surface area contributed by atoms with Crippen molar-refractivity contribution in [3.05, 3.63) is 70.7 Å². The highest BCUT2D eigenvalue weighted by Gasteiger charge is 2.20. The molecule has 0 spiro atoms. The Labute approximate surface area is 164 Å². The Morgan fingerprint density at radius 1 is 1.11 bits per heavy atom. The minimum atomic E-state index is 0.000167. The molecule has 0 radical (unpaired) electrons. The molecule has 0 atom stereocenters. The molecule has 140 valence electrons.